The van der Waals surface area contributed by atoms with Crippen LogP contribution in [0.5, 0.6) is 0 Å². The summed E-state index contributed by atoms with van der Waals surface area (Å²) in [5.74, 6) is 0.386. The van der Waals surface area contributed by atoms with Crippen LogP contribution in [0, 0.1) is 5.82 Å². The first-order valence-electron chi connectivity index (χ1n) is 8.08. The minimum atomic E-state index is -3.68. The maximum atomic E-state index is 12.9. The largest absolute Gasteiger partial charge is 0.354 e. The summed E-state index contributed by atoms with van der Waals surface area (Å²) in [6.07, 6.45) is 1.69. The minimum absolute atomic E-state index is 0.0437. The Hall–Kier alpha value is -2.03. The van der Waals surface area contributed by atoms with Gasteiger partial charge in [-0.15, -0.1) is 0 Å². The normalized spacial score (nSPS) is 16.2. The highest BCUT2D eigenvalue weighted by molar-refractivity contribution is 7.89. The highest BCUT2D eigenvalue weighted by Gasteiger charge is 2.17. The maximum Gasteiger partial charge on any atom is 0.240 e. The fraction of sp³-hybridized carbons (Fsp3) is 0.353. The molecule has 3 rings (SSSR count). The molecule has 1 N–H and O–H groups in total. The van der Waals surface area contributed by atoms with E-state index >= 15 is 0 Å². The van der Waals surface area contributed by atoms with Crippen molar-refractivity contribution in [2.45, 2.75) is 11.4 Å². The zero-order valence-corrected chi connectivity index (χ0v) is 14.8. The number of halogens is 1. The summed E-state index contributed by atoms with van der Waals surface area (Å²) < 4.78 is 40.0. The van der Waals surface area contributed by atoms with Gasteiger partial charge in [0.2, 0.25) is 10.0 Å². The van der Waals surface area contributed by atoms with Crippen LogP contribution in [0.4, 0.5) is 10.2 Å². The van der Waals surface area contributed by atoms with Crippen molar-refractivity contribution in [1.29, 1.82) is 0 Å². The molecule has 0 saturated carbocycles. The topological polar surface area (TPSA) is 65.5 Å². The third-order valence-corrected chi connectivity index (χ3v) is 5.64. The summed E-state index contributed by atoms with van der Waals surface area (Å²) in [6, 6.07) is 8.45. The molecule has 8 heteroatoms. The van der Waals surface area contributed by atoms with Gasteiger partial charge in [-0.25, -0.2) is 22.5 Å². The first kappa shape index (κ1) is 17.8. The van der Waals surface area contributed by atoms with E-state index in [1.54, 1.807) is 12.3 Å². The number of anilines is 1. The predicted octanol–water partition coefficient (Wildman–Crippen LogP) is 1.45. The average molecular weight is 364 g/mol. The van der Waals surface area contributed by atoms with E-state index in [-0.39, 0.29) is 11.4 Å². The smallest absolute Gasteiger partial charge is 0.240 e. The van der Waals surface area contributed by atoms with E-state index in [1.807, 2.05) is 6.07 Å². The lowest BCUT2D eigenvalue weighted by molar-refractivity contribution is 0.312. The Kier molecular flexibility index (Phi) is 5.31. The van der Waals surface area contributed by atoms with E-state index in [4.69, 9.17) is 0 Å². The van der Waals surface area contributed by atoms with E-state index in [0.29, 0.717) is 0 Å². The van der Waals surface area contributed by atoms with Gasteiger partial charge >= 0.3 is 0 Å². The second-order valence-electron chi connectivity index (χ2n) is 6.09. The van der Waals surface area contributed by atoms with Gasteiger partial charge in [-0.2, -0.15) is 0 Å². The lowest BCUT2D eigenvalue weighted by Crippen LogP contribution is -2.44. The molecule has 0 atom stereocenters. The van der Waals surface area contributed by atoms with E-state index in [2.05, 4.69) is 26.6 Å². The number of pyridine rings is 1. The van der Waals surface area contributed by atoms with Gasteiger partial charge in [-0.05, 0) is 49.0 Å². The molecule has 1 aromatic heterocycles. The number of hydrogen-bond donors (Lipinski definition) is 1. The molecule has 0 radical (unpaired) electrons. The Labute approximate surface area is 147 Å². The van der Waals surface area contributed by atoms with Crippen LogP contribution in [0.3, 0.4) is 0 Å². The summed E-state index contributed by atoms with van der Waals surface area (Å²) in [5.41, 5.74) is 0.828. The molecule has 0 unspecified atom stereocenters. The summed E-state index contributed by atoms with van der Waals surface area (Å²) in [7, 11) is -1.59. The van der Waals surface area contributed by atoms with E-state index < -0.39 is 15.8 Å². The molecular formula is C17H21FN4O2S. The van der Waals surface area contributed by atoms with Gasteiger partial charge in [0.25, 0.3) is 0 Å². The number of piperazine rings is 1. The molecule has 0 bridgehead atoms. The van der Waals surface area contributed by atoms with Gasteiger partial charge in [0.1, 0.15) is 11.6 Å². The molecule has 2 heterocycles. The van der Waals surface area contributed by atoms with Crippen LogP contribution < -0.4 is 9.62 Å². The SMILES string of the molecule is CN1CCN(c2cc(CNS(=O)(=O)c3ccc(F)cc3)ccn2)CC1. The van der Waals surface area contributed by atoms with Crippen LogP contribution in [-0.4, -0.2) is 51.5 Å². The Morgan fingerprint density at radius 3 is 2.48 bits per heavy atom. The van der Waals surface area contributed by atoms with Crippen molar-refractivity contribution >= 4 is 15.8 Å². The highest BCUT2D eigenvalue weighted by atomic mass is 32.2. The molecule has 1 aliphatic rings. The first-order chi connectivity index (χ1) is 11.9. The van der Waals surface area contributed by atoms with Gasteiger partial charge in [-0.3, -0.25) is 0 Å². The van der Waals surface area contributed by atoms with Gasteiger partial charge in [0, 0.05) is 38.9 Å². The first-order valence-corrected chi connectivity index (χ1v) is 9.56. The molecule has 0 aliphatic carbocycles. The van der Waals surface area contributed by atoms with E-state index in [9.17, 15) is 12.8 Å². The molecular weight excluding hydrogens is 343 g/mol. The predicted molar refractivity (Wildman–Crippen MR) is 94.4 cm³/mol. The average Bonchev–Trinajstić information content (AvgIpc) is 2.61. The third kappa shape index (κ3) is 4.53. The molecule has 0 spiro atoms. The lowest BCUT2D eigenvalue weighted by atomic mass is 10.2. The van der Waals surface area contributed by atoms with Crippen LogP contribution in [0.2, 0.25) is 0 Å². The third-order valence-electron chi connectivity index (χ3n) is 4.23. The minimum Gasteiger partial charge on any atom is -0.354 e. The van der Waals surface area contributed by atoms with E-state index in [1.165, 1.54) is 12.1 Å². The zero-order valence-electron chi connectivity index (χ0n) is 14.0. The number of rotatable bonds is 5. The van der Waals surface area contributed by atoms with Crippen LogP contribution >= 0.6 is 0 Å². The molecule has 0 amide bonds. The number of nitrogens with zero attached hydrogens (tertiary/aromatic N) is 3. The number of likely N-dealkylation sites (N-methyl/N-ethyl adjacent to an activating group) is 1. The van der Waals surface area contributed by atoms with Crippen molar-refractivity contribution in [2.24, 2.45) is 0 Å². The van der Waals surface area contributed by atoms with Gasteiger partial charge in [0.15, 0.2) is 0 Å². The van der Waals surface area contributed by atoms with Crippen molar-refractivity contribution < 1.29 is 12.8 Å². The van der Waals surface area contributed by atoms with Crippen molar-refractivity contribution in [2.75, 3.05) is 38.1 Å². The van der Waals surface area contributed by atoms with Crippen LogP contribution in [0.15, 0.2) is 47.5 Å². The number of hydrogen-bond acceptors (Lipinski definition) is 5. The lowest BCUT2D eigenvalue weighted by Gasteiger charge is -2.33. The van der Waals surface area contributed by atoms with Gasteiger partial charge in [-0.1, -0.05) is 0 Å². The number of sulfonamides is 1. The van der Waals surface area contributed by atoms with Crippen LogP contribution in [0.25, 0.3) is 0 Å². The second kappa shape index (κ2) is 7.47. The standard InChI is InChI=1S/C17H21FN4O2S/c1-21-8-10-22(11-9-21)17-12-14(6-7-19-17)13-20-25(23,24)16-4-2-15(18)3-5-16/h2-7,12,20H,8-11,13H2,1H3. The summed E-state index contributed by atoms with van der Waals surface area (Å²) in [4.78, 5) is 8.89. The summed E-state index contributed by atoms with van der Waals surface area (Å²) in [5, 5.41) is 0. The van der Waals surface area contributed by atoms with Crippen LogP contribution in [-0.2, 0) is 16.6 Å². The quantitative estimate of drug-likeness (QED) is 0.870. The van der Waals surface area contributed by atoms with Crippen LogP contribution in [0.1, 0.15) is 5.56 Å². The molecule has 134 valence electrons. The molecule has 2 aromatic rings. The fourth-order valence-electron chi connectivity index (χ4n) is 2.65. The Morgan fingerprint density at radius 1 is 1.12 bits per heavy atom. The van der Waals surface area contributed by atoms with Gasteiger partial charge in [0.05, 0.1) is 4.90 Å². The molecule has 1 fully saturated rings. The van der Waals surface area contributed by atoms with Crippen molar-refractivity contribution in [3.05, 3.63) is 54.0 Å². The number of benzene rings is 1. The number of aromatic nitrogens is 1. The zero-order chi connectivity index (χ0) is 17.9. The highest BCUT2D eigenvalue weighted by Crippen LogP contribution is 2.16. The monoisotopic (exact) mass is 364 g/mol. The molecule has 1 aliphatic heterocycles. The van der Waals surface area contributed by atoms with Gasteiger partial charge < -0.3 is 9.80 Å². The molecule has 25 heavy (non-hydrogen) atoms. The summed E-state index contributed by atoms with van der Waals surface area (Å²) in [6.45, 7) is 3.90. The molecule has 1 saturated heterocycles. The van der Waals surface area contributed by atoms with Crippen molar-refractivity contribution in [3.8, 4) is 0 Å². The second-order valence-corrected chi connectivity index (χ2v) is 7.86. The Bertz CT molecular complexity index is 819. The molecule has 6 nitrogen and oxygen atoms in total. The Morgan fingerprint density at radius 2 is 1.80 bits per heavy atom. The maximum absolute atomic E-state index is 12.9. The number of nitrogens with one attached hydrogen (secondary N) is 1. The summed E-state index contributed by atoms with van der Waals surface area (Å²) >= 11 is 0. The molecule has 1 aromatic carbocycles. The van der Waals surface area contributed by atoms with Crippen molar-refractivity contribution in [3.63, 3.8) is 0 Å². The van der Waals surface area contributed by atoms with E-state index in [0.717, 1.165) is 49.7 Å². The fourth-order valence-corrected chi connectivity index (χ4v) is 3.67. The Balaban J connectivity index is 1.67. The van der Waals surface area contributed by atoms with Crippen molar-refractivity contribution in [1.82, 2.24) is 14.6 Å².